The van der Waals surface area contributed by atoms with Crippen molar-refractivity contribution in [3.05, 3.63) is 58.1 Å². The molecule has 0 aliphatic rings. The number of anilines is 2. The maximum absolute atomic E-state index is 12.2. The van der Waals surface area contributed by atoms with Crippen molar-refractivity contribution in [3.8, 4) is 0 Å². The first-order chi connectivity index (χ1) is 11.4. The summed E-state index contributed by atoms with van der Waals surface area (Å²) < 4.78 is 0. The molecule has 0 spiro atoms. The Balaban J connectivity index is 2.05. The first kappa shape index (κ1) is 18.3. The molecule has 1 N–H and O–H groups in total. The van der Waals surface area contributed by atoms with Crippen molar-refractivity contribution >= 4 is 46.4 Å². The zero-order valence-electron chi connectivity index (χ0n) is 13.5. The van der Waals surface area contributed by atoms with E-state index in [1.54, 1.807) is 42.5 Å². The molecule has 2 aromatic rings. The van der Waals surface area contributed by atoms with Crippen LogP contribution >= 0.6 is 23.2 Å². The predicted octanol–water partition coefficient (Wildman–Crippen LogP) is 4.68. The second-order valence-electron chi connectivity index (χ2n) is 5.33. The number of hydrogen-bond acceptors (Lipinski definition) is 2. The highest BCUT2D eigenvalue weighted by Gasteiger charge is 2.16. The Morgan fingerprint density at radius 2 is 1.71 bits per heavy atom. The molecule has 0 saturated heterocycles. The second-order valence-corrected chi connectivity index (χ2v) is 6.15. The van der Waals surface area contributed by atoms with Crippen LogP contribution in [0, 0.1) is 6.92 Å². The topological polar surface area (TPSA) is 49.4 Å². The number of hydrogen-bond donors (Lipinski definition) is 1. The third-order valence-electron chi connectivity index (χ3n) is 3.63. The van der Waals surface area contributed by atoms with Gasteiger partial charge in [-0.3, -0.25) is 9.59 Å². The summed E-state index contributed by atoms with van der Waals surface area (Å²) >= 11 is 12.2. The average Bonchev–Trinajstić information content (AvgIpc) is 2.53. The maximum atomic E-state index is 12.2. The number of carbonyl (C=O) groups is 2. The van der Waals surface area contributed by atoms with Gasteiger partial charge in [-0.15, -0.1) is 0 Å². The number of rotatable bonds is 5. The number of nitrogens with zero attached hydrogens (tertiary/aromatic N) is 1. The Morgan fingerprint density at radius 1 is 1.04 bits per heavy atom. The molecule has 24 heavy (non-hydrogen) atoms. The van der Waals surface area contributed by atoms with Crippen LogP contribution in [0.1, 0.15) is 18.9 Å². The Bertz CT molecular complexity index is 762. The molecule has 0 saturated carbocycles. The van der Waals surface area contributed by atoms with E-state index in [2.05, 4.69) is 5.32 Å². The van der Waals surface area contributed by atoms with Gasteiger partial charge in [-0.2, -0.15) is 0 Å². The highest BCUT2D eigenvalue weighted by atomic mass is 35.5. The molecule has 2 rings (SSSR count). The fraction of sp³-hybridized carbons (Fsp3) is 0.222. The standard InChI is InChI=1S/C18H18Cl2N2O2/c1-12-14(19)7-5-8-16(12)21-18(24)10-11-22(13(2)23)17-9-4-3-6-15(17)20/h3-9H,10-11H2,1-2H3,(H,21,24). The van der Waals surface area contributed by atoms with Gasteiger partial charge in [0.2, 0.25) is 11.8 Å². The minimum atomic E-state index is -0.196. The zero-order chi connectivity index (χ0) is 17.7. The monoisotopic (exact) mass is 364 g/mol. The van der Waals surface area contributed by atoms with Crippen LogP contribution in [0.15, 0.2) is 42.5 Å². The van der Waals surface area contributed by atoms with E-state index in [-0.39, 0.29) is 24.8 Å². The number of para-hydroxylation sites is 1. The van der Waals surface area contributed by atoms with Crippen LogP contribution in [0.5, 0.6) is 0 Å². The van der Waals surface area contributed by atoms with Crippen LogP contribution in [-0.2, 0) is 9.59 Å². The Labute approximate surface area is 151 Å². The first-order valence-corrected chi connectivity index (χ1v) is 8.23. The SMILES string of the molecule is CC(=O)N(CCC(=O)Nc1cccc(Cl)c1C)c1ccccc1Cl. The normalized spacial score (nSPS) is 10.3. The van der Waals surface area contributed by atoms with Crippen molar-refractivity contribution in [2.75, 3.05) is 16.8 Å². The molecule has 6 heteroatoms. The lowest BCUT2D eigenvalue weighted by atomic mass is 10.2. The van der Waals surface area contributed by atoms with E-state index in [1.165, 1.54) is 11.8 Å². The molecule has 0 fully saturated rings. The molecule has 0 radical (unpaired) electrons. The van der Waals surface area contributed by atoms with Crippen molar-refractivity contribution in [2.24, 2.45) is 0 Å². The lowest BCUT2D eigenvalue weighted by Gasteiger charge is -2.22. The number of benzene rings is 2. The Kier molecular flexibility index (Phi) is 6.23. The molecule has 126 valence electrons. The maximum Gasteiger partial charge on any atom is 0.226 e. The van der Waals surface area contributed by atoms with Gasteiger partial charge in [-0.1, -0.05) is 41.4 Å². The molecular weight excluding hydrogens is 347 g/mol. The summed E-state index contributed by atoms with van der Waals surface area (Å²) in [6.45, 7) is 3.52. The molecule has 4 nitrogen and oxygen atoms in total. The van der Waals surface area contributed by atoms with Crippen LogP contribution in [-0.4, -0.2) is 18.4 Å². The van der Waals surface area contributed by atoms with Gasteiger partial charge in [0.25, 0.3) is 0 Å². The minimum absolute atomic E-state index is 0.150. The smallest absolute Gasteiger partial charge is 0.226 e. The lowest BCUT2D eigenvalue weighted by molar-refractivity contribution is -0.117. The van der Waals surface area contributed by atoms with Gasteiger partial charge in [-0.05, 0) is 36.8 Å². The molecule has 0 heterocycles. The van der Waals surface area contributed by atoms with Crippen molar-refractivity contribution in [2.45, 2.75) is 20.3 Å². The van der Waals surface area contributed by atoms with Crippen LogP contribution in [0.25, 0.3) is 0 Å². The molecule has 0 bridgehead atoms. The fourth-order valence-electron chi connectivity index (χ4n) is 2.29. The van der Waals surface area contributed by atoms with Gasteiger partial charge in [-0.25, -0.2) is 0 Å². The van der Waals surface area contributed by atoms with Crippen LogP contribution in [0.3, 0.4) is 0 Å². The Hall–Kier alpha value is -2.04. The van der Waals surface area contributed by atoms with Gasteiger partial charge in [0.05, 0.1) is 10.7 Å². The minimum Gasteiger partial charge on any atom is -0.326 e. The van der Waals surface area contributed by atoms with Gasteiger partial charge >= 0.3 is 0 Å². The van der Waals surface area contributed by atoms with Crippen LogP contribution in [0.4, 0.5) is 11.4 Å². The van der Waals surface area contributed by atoms with Crippen LogP contribution < -0.4 is 10.2 Å². The summed E-state index contributed by atoms with van der Waals surface area (Å²) in [6.07, 6.45) is 0.150. The molecule has 0 unspecified atom stereocenters. The summed E-state index contributed by atoms with van der Waals surface area (Å²) in [7, 11) is 0. The van der Waals surface area contributed by atoms with E-state index < -0.39 is 0 Å². The molecule has 0 atom stereocenters. The van der Waals surface area contributed by atoms with E-state index in [0.717, 1.165) is 5.56 Å². The molecule has 0 aliphatic heterocycles. The fourth-order valence-corrected chi connectivity index (χ4v) is 2.70. The summed E-state index contributed by atoms with van der Waals surface area (Å²) in [4.78, 5) is 25.6. The van der Waals surface area contributed by atoms with Gasteiger partial charge in [0.15, 0.2) is 0 Å². The van der Waals surface area contributed by atoms with Crippen molar-refractivity contribution in [1.29, 1.82) is 0 Å². The molecular formula is C18H18Cl2N2O2. The molecule has 0 aromatic heterocycles. The highest BCUT2D eigenvalue weighted by molar-refractivity contribution is 6.33. The Morgan fingerprint density at radius 3 is 2.38 bits per heavy atom. The van der Waals surface area contributed by atoms with Crippen molar-refractivity contribution in [1.82, 2.24) is 0 Å². The van der Waals surface area contributed by atoms with E-state index in [1.807, 2.05) is 6.92 Å². The largest absolute Gasteiger partial charge is 0.326 e. The van der Waals surface area contributed by atoms with E-state index in [9.17, 15) is 9.59 Å². The summed E-state index contributed by atoms with van der Waals surface area (Å²) in [5, 5.41) is 3.88. The number of amides is 2. The summed E-state index contributed by atoms with van der Waals surface area (Å²) in [5.41, 5.74) is 2.07. The lowest BCUT2D eigenvalue weighted by Crippen LogP contribution is -2.32. The third-order valence-corrected chi connectivity index (χ3v) is 4.36. The highest BCUT2D eigenvalue weighted by Crippen LogP contribution is 2.26. The zero-order valence-corrected chi connectivity index (χ0v) is 15.0. The quantitative estimate of drug-likeness (QED) is 0.836. The summed E-state index contributed by atoms with van der Waals surface area (Å²) in [5.74, 6) is -0.367. The number of halogens is 2. The van der Waals surface area contributed by atoms with E-state index >= 15 is 0 Å². The van der Waals surface area contributed by atoms with Gasteiger partial charge < -0.3 is 10.2 Å². The van der Waals surface area contributed by atoms with E-state index in [0.29, 0.717) is 21.4 Å². The van der Waals surface area contributed by atoms with E-state index in [4.69, 9.17) is 23.2 Å². The van der Waals surface area contributed by atoms with Crippen molar-refractivity contribution in [3.63, 3.8) is 0 Å². The second kappa shape index (κ2) is 8.18. The number of carbonyl (C=O) groups excluding carboxylic acids is 2. The third kappa shape index (κ3) is 4.49. The molecule has 2 aromatic carbocycles. The van der Waals surface area contributed by atoms with Gasteiger partial charge in [0, 0.05) is 30.6 Å². The predicted molar refractivity (Wildman–Crippen MR) is 98.9 cm³/mol. The molecule has 0 aliphatic carbocycles. The summed E-state index contributed by atoms with van der Waals surface area (Å²) in [6, 6.07) is 12.4. The van der Waals surface area contributed by atoms with Crippen LogP contribution in [0.2, 0.25) is 10.0 Å². The number of nitrogens with one attached hydrogen (secondary N) is 1. The van der Waals surface area contributed by atoms with Crippen molar-refractivity contribution < 1.29 is 9.59 Å². The van der Waals surface area contributed by atoms with Gasteiger partial charge in [0.1, 0.15) is 0 Å². The molecule has 2 amide bonds. The first-order valence-electron chi connectivity index (χ1n) is 7.47. The average molecular weight is 365 g/mol.